The van der Waals surface area contributed by atoms with Gasteiger partial charge in [0.05, 0.1) is 6.04 Å². The quantitative estimate of drug-likeness (QED) is 0.486. The third-order valence-electron chi connectivity index (χ3n) is 7.17. The lowest BCUT2D eigenvalue weighted by Crippen LogP contribution is -2.24. The van der Waals surface area contributed by atoms with Crippen LogP contribution < -0.4 is 14.4 Å². The lowest BCUT2D eigenvalue weighted by Gasteiger charge is -2.31. The average Bonchev–Trinajstić information content (AvgIpc) is 3.48. The topological polar surface area (TPSA) is 59.0 Å². The van der Waals surface area contributed by atoms with E-state index in [0.717, 1.165) is 37.2 Å². The van der Waals surface area contributed by atoms with E-state index < -0.39 is 5.97 Å². The highest BCUT2D eigenvalue weighted by atomic mass is 16.7. The van der Waals surface area contributed by atoms with E-state index in [4.69, 9.17) is 14.6 Å². The van der Waals surface area contributed by atoms with Crippen LogP contribution in [0.2, 0.25) is 0 Å². The molecule has 2 aliphatic heterocycles. The zero-order chi connectivity index (χ0) is 23.1. The molecule has 0 bridgehead atoms. The second kappa shape index (κ2) is 8.56. The molecule has 0 amide bonds. The summed E-state index contributed by atoms with van der Waals surface area (Å²) < 4.78 is 11.2. The summed E-state index contributed by atoms with van der Waals surface area (Å²) in [4.78, 5) is 13.4. The molecule has 0 fully saturated rings. The summed E-state index contributed by atoms with van der Waals surface area (Å²) >= 11 is 0. The monoisotopic (exact) mass is 453 g/mol. The van der Waals surface area contributed by atoms with Gasteiger partial charge in [0.2, 0.25) is 6.79 Å². The third kappa shape index (κ3) is 3.71. The van der Waals surface area contributed by atoms with Crippen LogP contribution in [-0.2, 0) is 17.6 Å². The Morgan fingerprint density at radius 2 is 1.79 bits per heavy atom. The van der Waals surface area contributed by atoms with Gasteiger partial charge in [-0.3, -0.25) is 4.79 Å². The Bertz CT molecular complexity index is 1280. The lowest BCUT2D eigenvalue weighted by atomic mass is 9.87. The number of carboxylic acid groups (broad SMARTS) is 1. The van der Waals surface area contributed by atoms with E-state index in [9.17, 15) is 4.79 Å². The highest BCUT2D eigenvalue weighted by molar-refractivity contribution is 5.81. The molecule has 1 atom stereocenters. The van der Waals surface area contributed by atoms with Gasteiger partial charge in [0.1, 0.15) is 0 Å². The van der Waals surface area contributed by atoms with E-state index in [0.29, 0.717) is 6.42 Å². The number of aliphatic carboxylic acids is 1. The van der Waals surface area contributed by atoms with E-state index in [2.05, 4.69) is 65.6 Å². The molecule has 2 heterocycles. The Labute approximate surface area is 199 Å². The highest BCUT2D eigenvalue weighted by Gasteiger charge is 2.37. The SMILES string of the molecule is O=C(O)CCCc1ccc(N2C3=C(CC2c2ccc4c(c2)OCO4)c2ccccc2CC3)cc1. The molecule has 3 aromatic carbocycles. The second-order valence-corrected chi connectivity index (χ2v) is 9.20. The van der Waals surface area contributed by atoms with Crippen LogP contribution in [0.25, 0.3) is 5.57 Å². The first-order valence-electron chi connectivity index (χ1n) is 12.0. The van der Waals surface area contributed by atoms with Gasteiger partial charge in [0.25, 0.3) is 0 Å². The van der Waals surface area contributed by atoms with Gasteiger partial charge < -0.3 is 19.5 Å². The average molecular weight is 454 g/mol. The second-order valence-electron chi connectivity index (χ2n) is 9.20. The molecule has 0 saturated heterocycles. The van der Waals surface area contributed by atoms with Gasteiger partial charge in [-0.05, 0) is 84.2 Å². The summed E-state index contributed by atoms with van der Waals surface area (Å²) in [6.45, 7) is 0.276. The molecule has 1 aliphatic carbocycles. The minimum atomic E-state index is -0.739. The fourth-order valence-corrected chi connectivity index (χ4v) is 5.55. The molecule has 0 spiro atoms. The minimum Gasteiger partial charge on any atom is -0.481 e. The number of carboxylic acids is 1. The Morgan fingerprint density at radius 1 is 0.971 bits per heavy atom. The molecule has 0 saturated carbocycles. The van der Waals surface area contributed by atoms with Crippen molar-refractivity contribution >= 4 is 17.2 Å². The van der Waals surface area contributed by atoms with Gasteiger partial charge >= 0.3 is 5.97 Å². The number of nitrogens with zero attached hydrogens (tertiary/aromatic N) is 1. The lowest BCUT2D eigenvalue weighted by molar-refractivity contribution is -0.137. The van der Waals surface area contributed by atoms with Crippen LogP contribution in [0.5, 0.6) is 11.5 Å². The normalized spacial score (nSPS) is 18.1. The number of anilines is 1. The summed E-state index contributed by atoms with van der Waals surface area (Å²) in [7, 11) is 0. The first kappa shape index (κ1) is 20.8. The highest BCUT2D eigenvalue weighted by Crippen LogP contribution is 2.51. The maximum absolute atomic E-state index is 10.9. The van der Waals surface area contributed by atoms with Gasteiger partial charge in [-0.25, -0.2) is 0 Å². The van der Waals surface area contributed by atoms with E-state index in [1.54, 1.807) is 0 Å². The first-order chi connectivity index (χ1) is 16.7. The predicted octanol–water partition coefficient (Wildman–Crippen LogP) is 6.13. The fourth-order valence-electron chi connectivity index (χ4n) is 5.55. The van der Waals surface area contributed by atoms with E-state index in [-0.39, 0.29) is 19.3 Å². The van der Waals surface area contributed by atoms with Crippen LogP contribution in [0.1, 0.15) is 54.0 Å². The third-order valence-corrected chi connectivity index (χ3v) is 7.17. The van der Waals surface area contributed by atoms with Crippen LogP contribution in [0.4, 0.5) is 5.69 Å². The number of rotatable bonds is 6. The largest absolute Gasteiger partial charge is 0.481 e. The van der Waals surface area contributed by atoms with Crippen molar-refractivity contribution in [3.8, 4) is 11.5 Å². The first-order valence-corrected chi connectivity index (χ1v) is 12.0. The number of carbonyl (C=O) groups is 1. The molecule has 34 heavy (non-hydrogen) atoms. The van der Waals surface area contributed by atoms with Crippen molar-refractivity contribution in [2.24, 2.45) is 0 Å². The van der Waals surface area contributed by atoms with Gasteiger partial charge in [-0.2, -0.15) is 0 Å². The van der Waals surface area contributed by atoms with Crippen molar-refractivity contribution in [1.29, 1.82) is 0 Å². The maximum atomic E-state index is 10.9. The molecule has 1 unspecified atom stereocenters. The van der Waals surface area contributed by atoms with Gasteiger partial charge in [-0.15, -0.1) is 0 Å². The van der Waals surface area contributed by atoms with Crippen molar-refractivity contribution in [3.05, 3.63) is 94.7 Å². The van der Waals surface area contributed by atoms with Crippen molar-refractivity contribution in [2.45, 2.75) is 44.6 Å². The zero-order valence-corrected chi connectivity index (χ0v) is 19.0. The Kier molecular flexibility index (Phi) is 5.25. The van der Waals surface area contributed by atoms with E-state index >= 15 is 0 Å². The van der Waals surface area contributed by atoms with Crippen LogP contribution in [0, 0.1) is 0 Å². The number of hydrogen-bond donors (Lipinski definition) is 1. The van der Waals surface area contributed by atoms with Crippen molar-refractivity contribution in [3.63, 3.8) is 0 Å². The smallest absolute Gasteiger partial charge is 0.303 e. The summed E-state index contributed by atoms with van der Waals surface area (Å²) in [6.07, 6.45) is 4.66. The molecular formula is C29H27NO4. The molecule has 5 nitrogen and oxygen atoms in total. The number of hydrogen-bond acceptors (Lipinski definition) is 4. The predicted molar refractivity (Wildman–Crippen MR) is 131 cm³/mol. The van der Waals surface area contributed by atoms with Gasteiger partial charge in [0, 0.05) is 17.8 Å². The summed E-state index contributed by atoms with van der Waals surface area (Å²) in [5, 5.41) is 8.93. The molecule has 3 aromatic rings. The maximum Gasteiger partial charge on any atom is 0.303 e. The number of aryl methyl sites for hydroxylation is 2. The molecule has 1 N–H and O–H groups in total. The Morgan fingerprint density at radius 3 is 2.65 bits per heavy atom. The molecule has 172 valence electrons. The van der Waals surface area contributed by atoms with E-state index in [1.807, 2.05) is 6.07 Å². The van der Waals surface area contributed by atoms with Crippen LogP contribution in [0.15, 0.2) is 72.4 Å². The molecule has 3 aliphatic rings. The summed E-state index contributed by atoms with van der Waals surface area (Å²) in [6, 6.07) is 23.9. The van der Waals surface area contributed by atoms with Crippen LogP contribution >= 0.6 is 0 Å². The molecule has 0 aromatic heterocycles. The Balaban J connectivity index is 1.36. The number of fused-ring (bicyclic) bond motifs is 3. The molecule has 5 heteroatoms. The molecule has 6 rings (SSSR count). The minimum absolute atomic E-state index is 0.184. The standard InChI is InChI=1S/C29H27NO4/c31-29(32)7-3-4-19-8-12-22(13-9-19)30-25-14-10-20-5-1-2-6-23(20)24(25)17-26(30)21-11-15-27-28(16-21)34-18-33-27/h1-2,5-6,8-9,11-13,15-16,26H,3-4,7,10,14,17-18H2,(H,31,32). The summed E-state index contributed by atoms with van der Waals surface area (Å²) in [5.74, 6) is 0.885. The van der Waals surface area contributed by atoms with Gasteiger partial charge in [0.15, 0.2) is 11.5 Å². The number of ether oxygens (including phenoxy) is 2. The fraction of sp³-hybridized carbons (Fsp3) is 0.276. The van der Waals surface area contributed by atoms with Crippen LogP contribution in [-0.4, -0.2) is 17.9 Å². The van der Waals surface area contributed by atoms with Crippen molar-refractivity contribution in [2.75, 3.05) is 11.7 Å². The molecular weight excluding hydrogens is 426 g/mol. The number of allylic oxidation sites excluding steroid dienone is 1. The van der Waals surface area contributed by atoms with E-state index in [1.165, 1.54) is 39.2 Å². The zero-order valence-electron chi connectivity index (χ0n) is 19.0. The summed E-state index contributed by atoms with van der Waals surface area (Å²) in [5.41, 5.74) is 9.22. The molecule has 0 radical (unpaired) electrons. The Hall–Kier alpha value is -3.73. The number of benzene rings is 3. The van der Waals surface area contributed by atoms with Gasteiger partial charge in [-0.1, -0.05) is 42.5 Å². The van der Waals surface area contributed by atoms with Crippen molar-refractivity contribution < 1.29 is 19.4 Å². The van der Waals surface area contributed by atoms with Crippen LogP contribution in [0.3, 0.4) is 0 Å². The van der Waals surface area contributed by atoms with Crippen molar-refractivity contribution in [1.82, 2.24) is 0 Å².